The van der Waals surface area contributed by atoms with Crippen molar-refractivity contribution in [3.8, 4) is 0 Å². The van der Waals surface area contributed by atoms with E-state index in [1.165, 1.54) is 4.31 Å². The summed E-state index contributed by atoms with van der Waals surface area (Å²) in [6.07, 6.45) is 2.50. The topological polar surface area (TPSA) is 79.6 Å². The quantitative estimate of drug-likeness (QED) is 0.499. The van der Waals surface area contributed by atoms with Crippen LogP contribution in [0.4, 0.5) is 0 Å². The molecule has 0 spiro atoms. The summed E-state index contributed by atoms with van der Waals surface area (Å²) in [6.45, 7) is 2.68. The smallest absolute Gasteiger partial charge is 0.323 e. The molecule has 3 aromatic rings. The highest BCUT2D eigenvalue weighted by atomic mass is 35.5. The van der Waals surface area contributed by atoms with Gasteiger partial charge in [-0.3, -0.25) is 4.79 Å². The van der Waals surface area contributed by atoms with Crippen molar-refractivity contribution in [2.75, 3.05) is 18.8 Å². The maximum Gasteiger partial charge on any atom is 0.323 e. The number of rotatable bonds is 7. The first-order valence-electron chi connectivity index (χ1n) is 10.0. The summed E-state index contributed by atoms with van der Waals surface area (Å²) in [7, 11) is -3.58. The molecule has 4 rings (SSSR count). The number of hydrogen-bond acceptors (Lipinski definition) is 4. The van der Waals surface area contributed by atoms with E-state index in [1.807, 2.05) is 24.4 Å². The minimum atomic E-state index is -3.58. The number of aromatic nitrogens is 1. The van der Waals surface area contributed by atoms with Gasteiger partial charge in [0.1, 0.15) is 6.54 Å². The molecule has 1 N–H and O–H groups in total. The third-order valence-electron chi connectivity index (χ3n) is 5.54. The zero-order valence-electron chi connectivity index (χ0n) is 17.0. The second kappa shape index (κ2) is 8.86. The number of carbonyl (C=O) groups is 1. The molecule has 31 heavy (non-hydrogen) atoms. The zero-order chi connectivity index (χ0) is 22.2. The predicted molar refractivity (Wildman–Crippen MR) is 124 cm³/mol. The van der Waals surface area contributed by atoms with Crippen molar-refractivity contribution in [1.82, 2.24) is 8.87 Å². The van der Waals surface area contributed by atoms with Gasteiger partial charge < -0.3 is 9.67 Å². The highest BCUT2D eigenvalue weighted by molar-refractivity contribution is 7.99. The van der Waals surface area contributed by atoms with Crippen LogP contribution in [0.5, 0.6) is 0 Å². The average molecular weight is 479 g/mol. The van der Waals surface area contributed by atoms with Gasteiger partial charge in [-0.25, -0.2) is 8.42 Å². The fourth-order valence-electron chi connectivity index (χ4n) is 4.12. The average Bonchev–Trinajstić information content (AvgIpc) is 3.34. The van der Waals surface area contributed by atoms with Crippen molar-refractivity contribution in [2.24, 2.45) is 0 Å². The Kier molecular flexibility index (Phi) is 6.35. The molecule has 1 saturated heterocycles. The molecule has 0 radical (unpaired) electrons. The third-order valence-corrected chi connectivity index (χ3v) is 8.55. The van der Waals surface area contributed by atoms with Crippen molar-refractivity contribution in [3.05, 3.63) is 59.2 Å². The Labute approximate surface area is 190 Å². The number of thioether (sulfide) groups is 1. The Balaban J connectivity index is 1.61. The van der Waals surface area contributed by atoms with Crippen molar-refractivity contribution in [2.45, 2.75) is 35.6 Å². The van der Waals surface area contributed by atoms with Crippen molar-refractivity contribution in [3.63, 3.8) is 0 Å². The molecule has 0 amide bonds. The molecule has 0 bridgehead atoms. The van der Waals surface area contributed by atoms with Crippen LogP contribution in [0.15, 0.2) is 58.5 Å². The van der Waals surface area contributed by atoms with Gasteiger partial charge in [0, 0.05) is 40.5 Å². The third kappa shape index (κ3) is 4.48. The van der Waals surface area contributed by atoms with Gasteiger partial charge >= 0.3 is 5.97 Å². The summed E-state index contributed by atoms with van der Waals surface area (Å²) in [6, 6.07) is 12.4. The molecule has 0 aliphatic carbocycles. The maximum atomic E-state index is 13.2. The van der Waals surface area contributed by atoms with Crippen LogP contribution in [0.2, 0.25) is 5.02 Å². The van der Waals surface area contributed by atoms with Gasteiger partial charge in [-0.2, -0.15) is 4.31 Å². The number of halogens is 1. The van der Waals surface area contributed by atoms with E-state index in [0.717, 1.165) is 27.1 Å². The molecule has 9 heteroatoms. The Morgan fingerprint density at radius 3 is 2.65 bits per heavy atom. The summed E-state index contributed by atoms with van der Waals surface area (Å²) in [4.78, 5) is 12.6. The Bertz CT molecular complexity index is 1220. The van der Waals surface area contributed by atoms with E-state index in [4.69, 9.17) is 11.6 Å². The van der Waals surface area contributed by atoms with E-state index < -0.39 is 16.0 Å². The first-order valence-corrected chi connectivity index (χ1v) is 12.8. The van der Waals surface area contributed by atoms with Gasteiger partial charge in [-0.15, -0.1) is 11.8 Å². The molecule has 2 aromatic carbocycles. The van der Waals surface area contributed by atoms with Gasteiger partial charge in [0.15, 0.2) is 0 Å². The van der Waals surface area contributed by atoms with Crippen LogP contribution in [0, 0.1) is 0 Å². The number of fused-ring (bicyclic) bond motifs is 1. The Morgan fingerprint density at radius 1 is 1.23 bits per heavy atom. The molecule has 164 valence electrons. The van der Waals surface area contributed by atoms with E-state index in [9.17, 15) is 18.3 Å². The van der Waals surface area contributed by atoms with E-state index in [2.05, 4.69) is 6.92 Å². The van der Waals surface area contributed by atoms with Crippen LogP contribution in [0.25, 0.3) is 10.9 Å². The monoisotopic (exact) mass is 478 g/mol. The first-order chi connectivity index (χ1) is 14.8. The van der Waals surface area contributed by atoms with E-state index >= 15 is 0 Å². The molecule has 1 aromatic heterocycles. The van der Waals surface area contributed by atoms with Gasteiger partial charge in [0.25, 0.3) is 0 Å². The van der Waals surface area contributed by atoms with Crippen LogP contribution in [0.3, 0.4) is 0 Å². The summed E-state index contributed by atoms with van der Waals surface area (Å²) < 4.78 is 29.5. The predicted octanol–water partition coefficient (Wildman–Crippen LogP) is 4.67. The lowest BCUT2D eigenvalue weighted by Crippen LogP contribution is -2.28. The molecule has 1 fully saturated rings. The number of sulfonamides is 1. The Morgan fingerprint density at radius 2 is 1.97 bits per heavy atom. The number of carboxylic acid groups (broad SMARTS) is 1. The lowest BCUT2D eigenvalue weighted by atomic mass is 9.98. The summed E-state index contributed by atoms with van der Waals surface area (Å²) >= 11 is 7.80. The number of aliphatic carboxylic acids is 1. The lowest BCUT2D eigenvalue weighted by molar-refractivity contribution is -0.137. The lowest BCUT2D eigenvalue weighted by Gasteiger charge is -2.17. The molecular weight excluding hydrogens is 456 g/mol. The van der Waals surface area contributed by atoms with Crippen LogP contribution >= 0.6 is 23.4 Å². The minimum absolute atomic E-state index is 0.0107. The highest BCUT2D eigenvalue weighted by Gasteiger charge is 2.34. The number of nitrogens with zero attached hydrogens (tertiary/aromatic N) is 2. The van der Waals surface area contributed by atoms with Crippen LogP contribution in [-0.2, 0) is 21.4 Å². The minimum Gasteiger partial charge on any atom is -0.480 e. The van der Waals surface area contributed by atoms with Crippen molar-refractivity contribution < 1.29 is 18.3 Å². The number of benzene rings is 2. The fraction of sp³-hybridized carbons (Fsp3) is 0.318. The summed E-state index contributed by atoms with van der Waals surface area (Å²) in [5.41, 5.74) is 1.70. The van der Waals surface area contributed by atoms with E-state index in [1.54, 1.807) is 40.6 Å². The fourth-order valence-corrected chi connectivity index (χ4v) is 6.45. The second-order valence-corrected chi connectivity index (χ2v) is 11.2. The largest absolute Gasteiger partial charge is 0.480 e. The van der Waals surface area contributed by atoms with Gasteiger partial charge in [-0.1, -0.05) is 24.6 Å². The molecule has 6 nitrogen and oxygen atoms in total. The van der Waals surface area contributed by atoms with Crippen molar-refractivity contribution >= 4 is 50.3 Å². The second-order valence-electron chi connectivity index (χ2n) is 7.52. The highest BCUT2D eigenvalue weighted by Crippen LogP contribution is 2.37. The van der Waals surface area contributed by atoms with Crippen LogP contribution in [-0.4, -0.2) is 47.2 Å². The molecule has 1 aliphatic rings. The SMILES string of the molecule is CCSc1ccc(S(=O)(=O)N2CCC(c3cn(CC(=O)O)c4cc(Cl)ccc34)C2)cc1. The molecule has 2 heterocycles. The van der Waals surface area contributed by atoms with Crippen LogP contribution < -0.4 is 0 Å². The molecular formula is C22H23ClN2O4S2. The van der Waals surface area contributed by atoms with Crippen molar-refractivity contribution in [1.29, 1.82) is 0 Å². The molecule has 1 atom stereocenters. The molecule has 0 saturated carbocycles. The number of hydrogen-bond donors (Lipinski definition) is 1. The van der Waals surface area contributed by atoms with Crippen LogP contribution in [0.1, 0.15) is 24.8 Å². The summed E-state index contributed by atoms with van der Waals surface area (Å²) in [5.74, 6) is -0.0206. The molecule has 1 unspecified atom stereocenters. The van der Waals surface area contributed by atoms with Gasteiger partial charge in [0.2, 0.25) is 10.0 Å². The van der Waals surface area contributed by atoms with Gasteiger partial charge in [0.05, 0.1) is 10.4 Å². The first kappa shape index (κ1) is 22.2. The summed E-state index contributed by atoms with van der Waals surface area (Å²) in [5, 5.41) is 10.7. The maximum absolute atomic E-state index is 13.2. The molecule has 1 aliphatic heterocycles. The Hall–Kier alpha value is -2.00. The van der Waals surface area contributed by atoms with Gasteiger partial charge in [-0.05, 0) is 54.1 Å². The van der Waals surface area contributed by atoms with E-state index in [-0.39, 0.29) is 12.5 Å². The normalized spacial score (nSPS) is 17.4. The zero-order valence-corrected chi connectivity index (χ0v) is 19.4. The number of carboxylic acids is 1. The van der Waals surface area contributed by atoms with E-state index in [0.29, 0.717) is 29.4 Å². The standard InChI is InChI=1S/C22H23ClN2O4S2/c1-2-30-17-4-6-18(7-5-17)31(28,29)25-10-9-15(12-25)20-13-24(14-22(26)27)21-11-16(23)3-8-19(20)21/h3-8,11,13,15H,2,9-10,12,14H2,1H3,(H,26,27).